The summed E-state index contributed by atoms with van der Waals surface area (Å²) in [4.78, 5) is 0. The molecule has 19 atom stereocenters. The SMILES string of the molecule is CC1O[C@H](O[C@@H]2C(CO)O[C@H](O[C@@H]3C(CO)O[C@H](O)C(O)[C@H]3O)C(O)[C@H]2O)C(O)[C@@H](O)[C@@H]1N[C@H]1C=C(CO)[C@@H](O)C(O)[C@@H]1O. The van der Waals surface area contributed by atoms with Crippen LogP contribution in [0.15, 0.2) is 11.6 Å². The van der Waals surface area contributed by atoms with Crippen LogP contribution < -0.4 is 5.32 Å². The zero-order valence-electron chi connectivity index (χ0n) is 23.5. The topological polar surface area (TPSA) is 321 Å². The number of aliphatic hydroxyl groups is 13. The maximum atomic E-state index is 10.9. The summed E-state index contributed by atoms with van der Waals surface area (Å²) >= 11 is 0. The molecule has 3 heterocycles. The van der Waals surface area contributed by atoms with Gasteiger partial charge >= 0.3 is 0 Å². The Bertz CT molecular complexity index is 958. The van der Waals surface area contributed by atoms with Crippen molar-refractivity contribution in [3.8, 4) is 0 Å². The van der Waals surface area contributed by atoms with E-state index in [1.165, 1.54) is 13.0 Å². The van der Waals surface area contributed by atoms with Crippen molar-refractivity contribution in [1.29, 1.82) is 0 Å². The third-order valence-electron chi connectivity index (χ3n) is 8.48. The van der Waals surface area contributed by atoms with Crippen molar-refractivity contribution in [2.45, 2.75) is 123 Å². The van der Waals surface area contributed by atoms with Gasteiger partial charge in [0.15, 0.2) is 18.9 Å². The summed E-state index contributed by atoms with van der Waals surface area (Å²) in [6, 6.07) is -2.17. The van der Waals surface area contributed by atoms with E-state index in [1.807, 2.05) is 0 Å². The van der Waals surface area contributed by atoms with Crippen LogP contribution in [0, 0.1) is 0 Å². The molecule has 0 spiro atoms. The van der Waals surface area contributed by atoms with E-state index in [-0.39, 0.29) is 5.57 Å². The van der Waals surface area contributed by atoms with Crippen molar-refractivity contribution in [2.24, 2.45) is 0 Å². The lowest BCUT2D eigenvalue weighted by Crippen LogP contribution is -2.68. The fourth-order valence-corrected chi connectivity index (χ4v) is 5.81. The van der Waals surface area contributed by atoms with Gasteiger partial charge in [-0.05, 0) is 12.5 Å². The van der Waals surface area contributed by atoms with Gasteiger partial charge in [-0.3, -0.25) is 0 Å². The molecule has 14 N–H and O–H groups in total. The van der Waals surface area contributed by atoms with Crippen LogP contribution in [0.4, 0.5) is 0 Å². The lowest BCUT2D eigenvalue weighted by Gasteiger charge is -2.48. The van der Waals surface area contributed by atoms with Crippen molar-refractivity contribution >= 4 is 0 Å². The molecule has 4 aliphatic rings. The molecule has 4 rings (SSSR count). The molecule has 0 saturated carbocycles. The van der Waals surface area contributed by atoms with E-state index in [2.05, 4.69) is 5.32 Å². The maximum absolute atomic E-state index is 10.9. The van der Waals surface area contributed by atoms with Crippen LogP contribution in [0.3, 0.4) is 0 Å². The maximum Gasteiger partial charge on any atom is 0.187 e. The average molecular weight is 646 g/mol. The second kappa shape index (κ2) is 14.8. The van der Waals surface area contributed by atoms with E-state index in [0.29, 0.717) is 0 Å². The first-order valence-corrected chi connectivity index (χ1v) is 14.1. The minimum absolute atomic E-state index is 0.0225. The molecule has 0 bridgehead atoms. The first kappa shape index (κ1) is 35.8. The molecule has 44 heavy (non-hydrogen) atoms. The molecule has 0 aromatic rings. The smallest absolute Gasteiger partial charge is 0.187 e. The van der Waals surface area contributed by atoms with Gasteiger partial charge in [0.05, 0.1) is 38.0 Å². The highest BCUT2D eigenvalue weighted by atomic mass is 16.7. The van der Waals surface area contributed by atoms with Crippen LogP contribution in [0.5, 0.6) is 0 Å². The van der Waals surface area contributed by atoms with Gasteiger partial charge < -0.3 is 95.4 Å². The molecule has 3 aliphatic heterocycles. The first-order chi connectivity index (χ1) is 20.7. The summed E-state index contributed by atoms with van der Waals surface area (Å²) in [5, 5.41) is 136. The molecule has 19 heteroatoms. The molecule has 0 radical (unpaired) electrons. The van der Waals surface area contributed by atoms with Gasteiger partial charge in [0.1, 0.15) is 79.4 Å². The Hall–Kier alpha value is -1.02. The third-order valence-corrected chi connectivity index (χ3v) is 8.48. The molecule has 0 amide bonds. The fourth-order valence-electron chi connectivity index (χ4n) is 5.81. The number of ether oxygens (including phenoxy) is 5. The van der Waals surface area contributed by atoms with Crippen LogP contribution in [0.1, 0.15) is 6.92 Å². The second-order valence-electron chi connectivity index (χ2n) is 11.4. The highest BCUT2D eigenvalue weighted by molar-refractivity contribution is 5.22. The molecule has 19 nitrogen and oxygen atoms in total. The van der Waals surface area contributed by atoms with Gasteiger partial charge in [0.2, 0.25) is 0 Å². The molecular weight excluding hydrogens is 602 g/mol. The molecule has 0 aromatic carbocycles. The number of hydrogen-bond acceptors (Lipinski definition) is 19. The van der Waals surface area contributed by atoms with E-state index < -0.39 is 136 Å². The Balaban J connectivity index is 1.42. The van der Waals surface area contributed by atoms with Crippen LogP contribution in [0.25, 0.3) is 0 Å². The van der Waals surface area contributed by atoms with Crippen molar-refractivity contribution in [2.75, 3.05) is 19.8 Å². The zero-order valence-corrected chi connectivity index (χ0v) is 23.5. The van der Waals surface area contributed by atoms with E-state index in [0.717, 1.165) is 0 Å². The quantitative estimate of drug-likeness (QED) is 0.103. The molecule has 3 fully saturated rings. The summed E-state index contributed by atoms with van der Waals surface area (Å²) in [7, 11) is 0. The lowest BCUT2D eigenvalue weighted by molar-refractivity contribution is -0.373. The van der Waals surface area contributed by atoms with Crippen molar-refractivity contribution in [1.82, 2.24) is 5.32 Å². The second-order valence-corrected chi connectivity index (χ2v) is 11.4. The fraction of sp³-hybridized carbons (Fsp3) is 0.920. The predicted molar refractivity (Wildman–Crippen MR) is 138 cm³/mol. The van der Waals surface area contributed by atoms with Gasteiger partial charge in [-0.2, -0.15) is 0 Å². The van der Waals surface area contributed by atoms with Crippen LogP contribution >= 0.6 is 0 Å². The highest BCUT2D eigenvalue weighted by Crippen LogP contribution is 2.32. The molecule has 3 saturated heterocycles. The Morgan fingerprint density at radius 1 is 0.636 bits per heavy atom. The summed E-state index contributed by atoms with van der Waals surface area (Å²) < 4.78 is 27.4. The van der Waals surface area contributed by atoms with Crippen molar-refractivity contribution in [3.05, 3.63) is 11.6 Å². The number of rotatable bonds is 9. The van der Waals surface area contributed by atoms with Gasteiger partial charge in [-0.1, -0.05) is 6.08 Å². The largest absolute Gasteiger partial charge is 0.394 e. The number of aliphatic hydroxyl groups excluding tert-OH is 13. The highest BCUT2D eigenvalue weighted by Gasteiger charge is 2.53. The molecule has 1 aliphatic carbocycles. The number of hydrogen-bond donors (Lipinski definition) is 14. The van der Waals surface area contributed by atoms with Crippen LogP contribution in [0.2, 0.25) is 0 Å². The summed E-state index contributed by atoms with van der Waals surface area (Å²) in [6.45, 7) is -0.753. The Labute approximate surface area is 250 Å². The van der Waals surface area contributed by atoms with Gasteiger partial charge in [-0.25, -0.2) is 0 Å². The molecule has 256 valence electrons. The van der Waals surface area contributed by atoms with Gasteiger partial charge in [0.25, 0.3) is 0 Å². The molecule has 7 unspecified atom stereocenters. The third kappa shape index (κ3) is 6.96. The number of nitrogens with one attached hydrogen (secondary N) is 1. The van der Waals surface area contributed by atoms with E-state index in [9.17, 15) is 66.4 Å². The monoisotopic (exact) mass is 645 g/mol. The first-order valence-electron chi connectivity index (χ1n) is 14.1. The van der Waals surface area contributed by atoms with E-state index in [4.69, 9.17) is 23.7 Å². The minimum atomic E-state index is -1.93. The standard InChI is InChI=1S/C25H43NO18/c1-6-11(26-8-2-7(3-27)12(30)15(33)13(8)31)14(32)19(37)24(40-6)43-22-10(5-29)42-25(20(38)17(22)35)44-21-9(4-28)41-23(39)18(36)16(21)34/h2,6,8-39H,3-5H2,1H3/t6?,8-,9?,10?,11+,12+,13+,14-,15?,16+,17+,18?,19?,20?,21+,22+,23-,24+,25+/m0/s1. The van der Waals surface area contributed by atoms with E-state index >= 15 is 0 Å². The Morgan fingerprint density at radius 3 is 1.73 bits per heavy atom. The lowest BCUT2D eigenvalue weighted by atomic mass is 9.86. The van der Waals surface area contributed by atoms with E-state index in [1.54, 1.807) is 0 Å². The molecular formula is C25H43NO18. The van der Waals surface area contributed by atoms with Crippen LogP contribution in [-0.2, 0) is 23.7 Å². The van der Waals surface area contributed by atoms with Crippen molar-refractivity contribution < 1.29 is 90.1 Å². The normalized spacial score (nSPS) is 52.0. The minimum Gasteiger partial charge on any atom is -0.394 e. The molecule has 0 aromatic heterocycles. The summed E-state index contributed by atoms with van der Waals surface area (Å²) in [5.41, 5.74) is 0.0225. The Morgan fingerprint density at radius 2 is 1.16 bits per heavy atom. The average Bonchev–Trinajstić information content (AvgIpc) is 3.00. The summed E-state index contributed by atoms with van der Waals surface area (Å²) in [5.74, 6) is 0. The van der Waals surface area contributed by atoms with Gasteiger partial charge in [0, 0.05) is 0 Å². The Kier molecular flexibility index (Phi) is 12.1. The predicted octanol–water partition coefficient (Wildman–Crippen LogP) is -8.56. The van der Waals surface area contributed by atoms with Crippen LogP contribution in [-0.4, -0.2) is 203 Å². The van der Waals surface area contributed by atoms with Gasteiger partial charge in [-0.15, -0.1) is 0 Å². The zero-order chi connectivity index (χ0) is 32.6. The summed E-state index contributed by atoms with van der Waals surface area (Å²) in [6.07, 6.45) is -26.6. The van der Waals surface area contributed by atoms with Crippen molar-refractivity contribution in [3.63, 3.8) is 0 Å².